The molecule has 2 aromatic heterocycles. The van der Waals surface area contributed by atoms with Crippen LogP contribution in [-0.2, 0) is 31.2 Å². The van der Waals surface area contributed by atoms with E-state index in [1.807, 2.05) is 0 Å². The number of hydrogen-bond donors (Lipinski definition) is 0. The van der Waals surface area contributed by atoms with Gasteiger partial charge in [-0.25, -0.2) is 22.3 Å². The van der Waals surface area contributed by atoms with Gasteiger partial charge in [0.2, 0.25) is 0 Å². The van der Waals surface area contributed by atoms with Crippen LogP contribution in [0.15, 0.2) is 33.8 Å². The van der Waals surface area contributed by atoms with Crippen LogP contribution in [0.4, 0.5) is 8.78 Å². The Morgan fingerprint density at radius 1 is 1.18 bits per heavy atom. The van der Waals surface area contributed by atoms with Gasteiger partial charge >= 0.3 is 5.97 Å². The monoisotopic (exact) mass is 580 g/mol. The molecule has 2 aliphatic rings. The zero-order valence-electron chi connectivity index (χ0n) is 22.7. The second-order valence-corrected chi connectivity index (χ2v) is 14.8. The van der Waals surface area contributed by atoms with Crippen molar-refractivity contribution in [1.82, 2.24) is 9.97 Å². The molecule has 0 amide bonds. The first-order chi connectivity index (χ1) is 18.0. The number of carbonyl (C=O) groups is 2. The van der Waals surface area contributed by atoms with Crippen LogP contribution in [0.5, 0.6) is 0 Å². The zero-order valence-corrected chi connectivity index (χ0v) is 24.3. The van der Waals surface area contributed by atoms with Gasteiger partial charge in [0.25, 0.3) is 0 Å². The van der Waals surface area contributed by atoms with Crippen molar-refractivity contribution in [2.24, 2.45) is 9.36 Å². The minimum atomic E-state index is -3.02. The first-order valence-corrected chi connectivity index (χ1v) is 14.5. The van der Waals surface area contributed by atoms with Crippen molar-refractivity contribution in [2.45, 2.75) is 81.9 Å². The van der Waals surface area contributed by atoms with Crippen molar-refractivity contribution in [1.29, 1.82) is 0 Å². The van der Waals surface area contributed by atoms with E-state index in [4.69, 9.17) is 21.3 Å². The van der Waals surface area contributed by atoms with Gasteiger partial charge in [-0.2, -0.15) is 0 Å². The minimum absolute atomic E-state index is 0.0991. The maximum absolute atomic E-state index is 15.4. The smallest absolute Gasteiger partial charge is 0.312 e. The highest BCUT2D eigenvalue weighted by molar-refractivity contribution is 7.96. The van der Waals surface area contributed by atoms with Crippen LogP contribution < -0.4 is 0 Å². The molecule has 2 aliphatic heterocycles. The van der Waals surface area contributed by atoms with E-state index in [0.29, 0.717) is 13.0 Å². The third-order valence-corrected chi connectivity index (χ3v) is 11.0. The van der Waals surface area contributed by atoms with E-state index in [-0.39, 0.29) is 40.7 Å². The predicted molar refractivity (Wildman–Crippen MR) is 145 cm³/mol. The molecule has 0 aliphatic carbocycles. The summed E-state index contributed by atoms with van der Waals surface area (Å²) in [6, 6.07) is 3.51. The topological polar surface area (TPSA) is 111 Å². The van der Waals surface area contributed by atoms with Crippen LogP contribution in [0.2, 0.25) is 5.02 Å². The summed E-state index contributed by atoms with van der Waals surface area (Å²) < 4.78 is 52.2. The van der Waals surface area contributed by atoms with Crippen molar-refractivity contribution >= 4 is 38.8 Å². The van der Waals surface area contributed by atoms with E-state index in [1.54, 1.807) is 41.5 Å². The number of esters is 1. The van der Waals surface area contributed by atoms with Gasteiger partial charge in [-0.3, -0.25) is 19.6 Å². The van der Waals surface area contributed by atoms with Crippen molar-refractivity contribution < 1.29 is 27.3 Å². The van der Waals surface area contributed by atoms with Crippen LogP contribution in [0.1, 0.15) is 76.3 Å². The number of rotatable bonds is 6. The highest BCUT2D eigenvalue weighted by Crippen LogP contribution is 2.48. The molecule has 210 valence electrons. The molecule has 0 fully saturated rings. The van der Waals surface area contributed by atoms with Crippen LogP contribution in [-0.4, -0.2) is 53.8 Å². The maximum atomic E-state index is 15.4. The van der Waals surface area contributed by atoms with E-state index in [0.717, 1.165) is 12.3 Å². The van der Waals surface area contributed by atoms with Crippen LogP contribution in [0, 0.1) is 11.6 Å². The number of aromatic nitrogens is 2. The lowest BCUT2D eigenvalue weighted by Crippen LogP contribution is -2.56. The van der Waals surface area contributed by atoms with Crippen LogP contribution >= 0.6 is 11.6 Å². The van der Waals surface area contributed by atoms with Gasteiger partial charge in [0.1, 0.15) is 34.2 Å². The Morgan fingerprint density at radius 3 is 2.51 bits per heavy atom. The molecule has 0 bridgehead atoms. The number of carbonyl (C=O) groups excluding carboxylic acids is 2. The molecule has 8 nitrogen and oxygen atoms in total. The highest BCUT2D eigenvalue weighted by atomic mass is 35.5. The minimum Gasteiger partial charge on any atom is -0.460 e. The fourth-order valence-corrected chi connectivity index (χ4v) is 8.61. The molecule has 4 heterocycles. The molecule has 39 heavy (non-hydrogen) atoms. The quantitative estimate of drug-likeness (QED) is 0.341. The Kier molecular flexibility index (Phi) is 7.48. The van der Waals surface area contributed by atoms with Gasteiger partial charge in [0, 0.05) is 18.0 Å². The van der Waals surface area contributed by atoms with E-state index in [2.05, 4.69) is 14.3 Å². The zero-order chi connectivity index (χ0) is 29.0. The summed E-state index contributed by atoms with van der Waals surface area (Å²) in [6.45, 7) is 10.6. The molecule has 0 spiro atoms. The van der Waals surface area contributed by atoms with Crippen molar-refractivity contribution in [3.05, 3.63) is 58.1 Å². The number of ether oxygens (including phenoxy) is 1. The number of fused-ring (bicyclic) bond motifs is 1. The van der Waals surface area contributed by atoms with Crippen LogP contribution in [0.25, 0.3) is 0 Å². The SMILES string of the molecule is CC(C)(C)OC(=O)CC1=N[C@](C)(c2nc(CC(=O)c3ncc(F)cc3Cl)ccc2F)[C@@H]2CCN=[S@]2(=O)C1(C)C. The molecule has 12 heteroatoms. The normalized spacial score (nSPS) is 25.9. The summed E-state index contributed by atoms with van der Waals surface area (Å²) in [5.41, 5.74) is -1.91. The molecular weight excluding hydrogens is 550 g/mol. The van der Waals surface area contributed by atoms with Gasteiger partial charge in [-0.05, 0) is 66.2 Å². The fraction of sp³-hybridized carbons (Fsp3) is 0.519. The van der Waals surface area contributed by atoms with Gasteiger partial charge in [-0.1, -0.05) is 11.6 Å². The van der Waals surface area contributed by atoms with Gasteiger partial charge in [-0.15, -0.1) is 0 Å². The molecule has 3 atom stereocenters. The average molecular weight is 581 g/mol. The number of ketones is 1. The summed E-state index contributed by atoms with van der Waals surface area (Å²) in [7, 11) is -3.02. The third kappa shape index (κ3) is 5.35. The molecule has 0 aromatic carbocycles. The molecule has 0 radical (unpaired) electrons. The summed E-state index contributed by atoms with van der Waals surface area (Å²) in [5, 5.41) is -0.823. The van der Waals surface area contributed by atoms with E-state index in [1.165, 1.54) is 12.1 Å². The van der Waals surface area contributed by atoms with E-state index in [9.17, 15) is 18.2 Å². The van der Waals surface area contributed by atoms with Gasteiger partial charge in [0.15, 0.2) is 5.78 Å². The Morgan fingerprint density at radius 2 is 1.87 bits per heavy atom. The fourth-order valence-electron chi connectivity index (χ4n) is 5.10. The average Bonchev–Trinajstić information content (AvgIpc) is 3.22. The Hall–Kier alpha value is -2.79. The van der Waals surface area contributed by atoms with Crippen molar-refractivity contribution in [3.63, 3.8) is 0 Å². The first kappa shape index (κ1) is 29.2. The van der Waals surface area contributed by atoms with Crippen molar-refractivity contribution in [2.75, 3.05) is 6.54 Å². The summed E-state index contributed by atoms with van der Waals surface area (Å²) >= 11 is 5.99. The number of pyridine rings is 2. The van der Waals surface area contributed by atoms with Crippen molar-refractivity contribution in [3.8, 4) is 0 Å². The number of aliphatic imine (C=N–C) groups is 1. The number of halogens is 3. The Balaban J connectivity index is 1.78. The first-order valence-electron chi connectivity index (χ1n) is 12.5. The van der Waals surface area contributed by atoms with E-state index < -0.39 is 54.3 Å². The Bertz CT molecular complexity index is 1510. The molecule has 0 saturated heterocycles. The molecular formula is C27H31ClF2N4O4S. The number of Topliss-reactive ketones (excluding diaryl/α,β-unsaturated/α-hetero) is 1. The van der Waals surface area contributed by atoms with Gasteiger partial charge in [0.05, 0.1) is 43.8 Å². The molecule has 0 unspecified atom stereocenters. The Labute approximate surface area is 231 Å². The molecule has 0 N–H and O–H groups in total. The molecule has 4 rings (SSSR count). The second-order valence-electron chi connectivity index (χ2n) is 11.4. The van der Waals surface area contributed by atoms with Crippen LogP contribution in [0.3, 0.4) is 0 Å². The summed E-state index contributed by atoms with van der Waals surface area (Å²) in [6.07, 6.45) is 0.746. The largest absolute Gasteiger partial charge is 0.460 e. The lowest BCUT2D eigenvalue weighted by Gasteiger charge is -2.45. The summed E-state index contributed by atoms with van der Waals surface area (Å²) in [5.74, 6) is -2.46. The predicted octanol–water partition coefficient (Wildman–Crippen LogP) is 5.25. The second kappa shape index (κ2) is 9.99. The lowest BCUT2D eigenvalue weighted by atomic mass is 9.88. The highest BCUT2D eigenvalue weighted by Gasteiger charge is 2.58. The van der Waals surface area contributed by atoms with E-state index >= 15 is 4.39 Å². The summed E-state index contributed by atoms with van der Waals surface area (Å²) in [4.78, 5) is 38.8. The molecule has 0 saturated carbocycles. The number of hydrogen-bond acceptors (Lipinski definition) is 8. The molecule has 2 aromatic rings. The standard InChI is InChI=1S/C27H31ClF2N4O4S/c1-25(2,3)38-22(36)13-20-26(4,5)39(37)21(9-10-32-39)27(6,34-20)24-18(30)8-7-16(33-24)12-19(35)23-17(28)11-15(29)14-31-23/h7-8,11,14,21H,9-10,12-13H2,1-6H3/t21-,27-,39+/m0/s1. The lowest BCUT2D eigenvalue weighted by molar-refractivity contribution is -0.153. The third-order valence-electron chi connectivity index (χ3n) is 7.01. The number of nitrogens with zero attached hydrogens (tertiary/aromatic N) is 4. The van der Waals surface area contributed by atoms with Gasteiger partial charge < -0.3 is 4.74 Å². The maximum Gasteiger partial charge on any atom is 0.312 e.